The largest absolute Gasteiger partial charge is 0.494 e. The Hall–Kier alpha value is -1.87. The molecule has 112 valence electrons. The number of rotatable bonds is 7. The Labute approximate surface area is 126 Å². The van der Waals surface area contributed by atoms with Gasteiger partial charge in [-0.15, -0.1) is 0 Å². The minimum atomic E-state index is -0.215. The van der Waals surface area contributed by atoms with Gasteiger partial charge in [-0.1, -0.05) is 37.6 Å². The smallest absolute Gasteiger partial charge is 0.123 e. The Bertz CT molecular complexity index is 553. The van der Waals surface area contributed by atoms with E-state index in [4.69, 9.17) is 4.74 Å². The Kier molecular flexibility index (Phi) is 5.76. The van der Waals surface area contributed by atoms with Crippen molar-refractivity contribution in [3.05, 3.63) is 65.5 Å². The van der Waals surface area contributed by atoms with Crippen molar-refractivity contribution < 1.29 is 9.13 Å². The van der Waals surface area contributed by atoms with Gasteiger partial charge in [0.25, 0.3) is 0 Å². The normalized spacial score (nSPS) is 12.1. The maximum absolute atomic E-state index is 13.4. The summed E-state index contributed by atoms with van der Waals surface area (Å²) < 4.78 is 19.0. The third kappa shape index (κ3) is 4.30. The molecule has 0 amide bonds. The van der Waals surface area contributed by atoms with Crippen LogP contribution >= 0.6 is 0 Å². The summed E-state index contributed by atoms with van der Waals surface area (Å²) >= 11 is 0. The molecule has 1 atom stereocenters. The third-order valence-corrected chi connectivity index (χ3v) is 3.45. The molecule has 0 bridgehead atoms. The molecule has 2 nitrogen and oxygen atoms in total. The summed E-state index contributed by atoms with van der Waals surface area (Å²) in [6.45, 7) is 2.89. The van der Waals surface area contributed by atoms with Gasteiger partial charge < -0.3 is 10.1 Å². The van der Waals surface area contributed by atoms with Crippen LogP contribution in [0.25, 0.3) is 0 Å². The summed E-state index contributed by atoms with van der Waals surface area (Å²) in [6, 6.07) is 14.6. The van der Waals surface area contributed by atoms with E-state index in [1.54, 1.807) is 12.1 Å². The van der Waals surface area contributed by atoms with E-state index in [9.17, 15) is 4.39 Å². The molecule has 2 aromatic rings. The number of hydrogen-bond donors (Lipinski definition) is 1. The molecule has 0 spiro atoms. The fourth-order valence-corrected chi connectivity index (χ4v) is 2.30. The number of unbranched alkanes of at least 4 members (excludes halogenated alkanes) is 1. The fraction of sp³-hybridized carbons (Fsp3) is 0.333. The average molecular weight is 287 g/mol. The van der Waals surface area contributed by atoms with E-state index >= 15 is 0 Å². The first kappa shape index (κ1) is 15.5. The lowest BCUT2D eigenvalue weighted by Gasteiger charge is -2.18. The molecule has 3 heteroatoms. The second-order valence-electron chi connectivity index (χ2n) is 5.05. The van der Waals surface area contributed by atoms with Gasteiger partial charge in [0.15, 0.2) is 0 Å². The Balaban J connectivity index is 2.12. The van der Waals surface area contributed by atoms with Gasteiger partial charge >= 0.3 is 0 Å². The van der Waals surface area contributed by atoms with Crippen LogP contribution in [0.1, 0.15) is 36.9 Å². The van der Waals surface area contributed by atoms with E-state index in [1.165, 1.54) is 6.07 Å². The van der Waals surface area contributed by atoms with E-state index < -0.39 is 0 Å². The van der Waals surface area contributed by atoms with Crippen molar-refractivity contribution in [3.8, 4) is 5.75 Å². The Morgan fingerprint density at radius 3 is 2.48 bits per heavy atom. The summed E-state index contributed by atoms with van der Waals surface area (Å²) in [6.07, 6.45) is 2.18. The van der Waals surface area contributed by atoms with Crippen LogP contribution in [0.15, 0.2) is 48.5 Å². The van der Waals surface area contributed by atoms with Crippen molar-refractivity contribution in [2.24, 2.45) is 0 Å². The maximum Gasteiger partial charge on any atom is 0.123 e. The third-order valence-electron chi connectivity index (χ3n) is 3.45. The molecule has 0 saturated heterocycles. The summed E-state index contributed by atoms with van der Waals surface area (Å²) in [4.78, 5) is 0. The molecule has 2 aromatic carbocycles. The number of halogens is 1. The van der Waals surface area contributed by atoms with Gasteiger partial charge in [0, 0.05) is 0 Å². The van der Waals surface area contributed by atoms with E-state index in [-0.39, 0.29) is 11.9 Å². The van der Waals surface area contributed by atoms with Crippen LogP contribution in [0, 0.1) is 5.82 Å². The summed E-state index contributed by atoms with van der Waals surface area (Å²) in [5, 5.41) is 3.23. The van der Waals surface area contributed by atoms with Crippen molar-refractivity contribution in [1.29, 1.82) is 0 Å². The number of ether oxygens (including phenoxy) is 1. The molecule has 0 heterocycles. The lowest BCUT2D eigenvalue weighted by molar-refractivity contribution is 0.309. The van der Waals surface area contributed by atoms with Gasteiger partial charge in [0.05, 0.1) is 12.6 Å². The molecular formula is C18H22FNO. The summed E-state index contributed by atoms with van der Waals surface area (Å²) in [5.74, 6) is 0.661. The molecule has 1 N–H and O–H groups in total. The van der Waals surface area contributed by atoms with Gasteiger partial charge in [-0.05, 0) is 48.9 Å². The minimum Gasteiger partial charge on any atom is -0.494 e. The molecule has 0 aromatic heterocycles. The first-order valence-electron chi connectivity index (χ1n) is 7.40. The van der Waals surface area contributed by atoms with Gasteiger partial charge in [-0.2, -0.15) is 0 Å². The molecule has 0 aliphatic rings. The van der Waals surface area contributed by atoms with Crippen molar-refractivity contribution in [2.75, 3.05) is 13.7 Å². The number of benzene rings is 2. The minimum absolute atomic E-state index is 0.0228. The van der Waals surface area contributed by atoms with Crippen molar-refractivity contribution in [3.63, 3.8) is 0 Å². The van der Waals surface area contributed by atoms with Crippen molar-refractivity contribution >= 4 is 0 Å². The lowest BCUT2D eigenvalue weighted by Crippen LogP contribution is -2.17. The standard InChI is InChI=1S/C18H22FNO/c1-3-4-12-21-17-10-8-14(9-11-17)18(20-2)15-6-5-7-16(19)13-15/h5-11,13,18,20H,3-4,12H2,1-2H3. The van der Waals surface area contributed by atoms with Gasteiger partial charge in [0.1, 0.15) is 11.6 Å². The SMILES string of the molecule is CCCCOc1ccc(C(NC)c2cccc(F)c2)cc1. The van der Waals surface area contributed by atoms with Gasteiger partial charge in [0.2, 0.25) is 0 Å². The lowest BCUT2D eigenvalue weighted by atomic mass is 9.99. The van der Waals surface area contributed by atoms with Crippen LogP contribution in [0.4, 0.5) is 4.39 Å². The average Bonchev–Trinajstić information content (AvgIpc) is 2.50. The molecule has 0 fully saturated rings. The van der Waals surface area contributed by atoms with Crippen LogP contribution in [-0.2, 0) is 0 Å². The zero-order chi connectivity index (χ0) is 15.1. The van der Waals surface area contributed by atoms with Crippen LogP contribution in [-0.4, -0.2) is 13.7 Å². The number of nitrogens with one attached hydrogen (secondary N) is 1. The Morgan fingerprint density at radius 2 is 1.86 bits per heavy atom. The second-order valence-corrected chi connectivity index (χ2v) is 5.05. The van der Waals surface area contributed by atoms with Crippen LogP contribution in [0.3, 0.4) is 0 Å². The topological polar surface area (TPSA) is 21.3 Å². The maximum atomic E-state index is 13.4. The second kappa shape index (κ2) is 7.79. The van der Waals surface area contributed by atoms with Crippen LogP contribution < -0.4 is 10.1 Å². The Morgan fingerprint density at radius 1 is 1.10 bits per heavy atom. The molecule has 0 aliphatic carbocycles. The molecule has 1 unspecified atom stereocenters. The van der Waals surface area contributed by atoms with Crippen molar-refractivity contribution in [2.45, 2.75) is 25.8 Å². The predicted molar refractivity (Wildman–Crippen MR) is 84.1 cm³/mol. The van der Waals surface area contributed by atoms with Gasteiger partial charge in [-0.25, -0.2) is 4.39 Å². The van der Waals surface area contributed by atoms with E-state index in [0.717, 1.165) is 36.3 Å². The van der Waals surface area contributed by atoms with Crippen LogP contribution in [0.2, 0.25) is 0 Å². The molecule has 0 aliphatic heterocycles. The zero-order valence-electron chi connectivity index (χ0n) is 12.6. The molecular weight excluding hydrogens is 265 g/mol. The highest BCUT2D eigenvalue weighted by Gasteiger charge is 2.12. The zero-order valence-corrected chi connectivity index (χ0v) is 12.6. The van der Waals surface area contributed by atoms with E-state index in [0.29, 0.717) is 0 Å². The van der Waals surface area contributed by atoms with Crippen LogP contribution in [0.5, 0.6) is 5.75 Å². The summed E-state index contributed by atoms with van der Waals surface area (Å²) in [7, 11) is 1.88. The highest BCUT2D eigenvalue weighted by atomic mass is 19.1. The van der Waals surface area contributed by atoms with E-state index in [2.05, 4.69) is 12.2 Å². The monoisotopic (exact) mass is 287 g/mol. The van der Waals surface area contributed by atoms with Crippen molar-refractivity contribution in [1.82, 2.24) is 5.32 Å². The predicted octanol–water partition coefficient (Wildman–Crippen LogP) is 4.31. The quantitative estimate of drug-likeness (QED) is 0.766. The fourth-order valence-electron chi connectivity index (χ4n) is 2.30. The molecule has 0 saturated carbocycles. The molecule has 0 radical (unpaired) electrons. The van der Waals surface area contributed by atoms with Gasteiger partial charge in [-0.3, -0.25) is 0 Å². The van der Waals surface area contributed by atoms with E-state index in [1.807, 2.05) is 37.4 Å². The first-order chi connectivity index (χ1) is 10.2. The highest BCUT2D eigenvalue weighted by molar-refractivity contribution is 5.35. The molecule has 2 rings (SSSR count). The number of hydrogen-bond acceptors (Lipinski definition) is 2. The molecule has 21 heavy (non-hydrogen) atoms. The first-order valence-corrected chi connectivity index (χ1v) is 7.40. The highest BCUT2D eigenvalue weighted by Crippen LogP contribution is 2.24. The summed E-state index contributed by atoms with van der Waals surface area (Å²) in [5.41, 5.74) is 2.00.